The third-order valence-electron chi connectivity index (χ3n) is 6.24. The predicted molar refractivity (Wildman–Crippen MR) is 92.8 cm³/mol. The lowest BCUT2D eigenvalue weighted by Crippen LogP contribution is -2.28. The number of benzene rings is 2. The average Bonchev–Trinajstić information content (AvgIpc) is 3.21. The van der Waals surface area contributed by atoms with E-state index < -0.39 is 0 Å². The number of fused-ring (bicyclic) bond motifs is 3. The molecule has 24 heavy (non-hydrogen) atoms. The topological polar surface area (TPSA) is 34.1 Å². The lowest BCUT2D eigenvalue weighted by Gasteiger charge is -2.20. The molecule has 0 aromatic heterocycles. The molecule has 2 nitrogen and oxygen atoms in total. The van der Waals surface area contributed by atoms with Crippen molar-refractivity contribution in [3.05, 3.63) is 69.3 Å². The number of carbonyl (C=O) groups excluding carboxylic acids is 2. The quantitative estimate of drug-likeness (QED) is 0.748. The third kappa shape index (κ3) is 1.83. The van der Waals surface area contributed by atoms with E-state index in [1.165, 1.54) is 34.2 Å². The van der Waals surface area contributed by atoms with Gasteiger partial charge in [-0.25, -0.2) is 0 Å². The first-order valence-corrected chi connectivity index (χ1v) is 8.88. The van der Waals surface area contributed by atoms with Crippen molar-refractivity contribution in [2.24, 2.45) is 5.41 Å². The Morgan fingerprint density at radius 3 is 2.38 bits per heavy atom. The van der Waals surface area contributed by atoms with E-state index in [1.807, 2.05) is 12.1 Å². The first-order chi connectivity index (χ1) is 11.6. The Labute approximate surface area is 141 Å². The molecule has 2 aromatic carbocycles. The maximum absolute atomic E-state index is 13.2. The first kappa shape index (κ1) is 14.2. The van der Waals surface area contributed by atoms with Gasteiger partial charge in [-0.05, 0) is 85.4 Å². The van der Waals surface area contributed by atoms with Gasteiger partial charge in [0.2, 0.25) is 0 Å². The second-order valence-electron chi connectivity index (χ2n) is 7.81. The zero-order valence-corrected chi connectivity index (χ0v) is 13.9. The van der Waals surface area contributed by atoms with Gasteiger partial charge in [-0.2, -0.15) is 0 Å². The van der Waals surface area contributed by atoms with Crippen molar-refractivity contribution in [3.8, 4) is 0 Å². The van der Waals surface area contributed by atoms with E-state index >= 15 is 0 Å². The summed E-state index contributed by atoms with van der Waals surface area (Å²) in [5.41, 5.74) is 7.95. The van der Waals surface area contributed by atoms with Gasteiger partial charge in [-0.3, -0.25) is 9.59 Å². The Bertz CT molecular complexity index is 922. The summed E-state index contributed by atoms with van der Waals surface area (Å²) in [4.78, 5) is 24.9. The van der Waals surface area contributed by atoms with Gasteiger partial charge in [-0.1, -0.05) is 18.2 Å². The van der Waals surface area contributed by atoms with Gasteiger partial charge in [0.05, 0.1) is 0 Å². The van der Waals surface area contributed by atoms with Crippen LogP contribution in [0.1, 0.15) is 61.9 Å². The number of Topliss-reactive ketones (excluding diaryl/α,β-unsaturated/α-hetero) is 2. The van der Waals surface area contributed by atoms with Crippen molar-refractivity contribution in [2.45, 2.75) is 45.4 Å². The summed E-state index contributed by atoms with van der Waals surface area (Å²) in [5, 5.41) is 0. The molecular formula is C22H20O2. The summed E-state index contributed by atoms with van der Waals surface area (Å²) >= 11 is 0. The van der Waals surface area contributed by atoms with Crippen molar-refractivity contribution in [3.63, 3.8) is 0 Å². The highest BCUT2D eigenvalue weighted by Crippen LogP contribution is 2.48. The minimum atomic E-state index is -0.296. The van der Waals surface area contributed by atoms with E-state index in [0.29, 0.717) is 5.78 Å². The van der Waals surface area contributed by atoms with Gasteiger partial charge >= 0.3 is 0 Å². The van der Waals surface area contributed by atoms with Crippen LogP contribution in [0.5, 0.6) is 0 Å². The van der Waals surface area contributed by atoms with E-state index in [4.69, 9.17) is 0 Å². The number of hydrogen-bond donors (Lipinski definition) is 0. The van der Waals surface area contributed by atoms with Crippen LogP contribution in [-0.4, -0.2) is 11.6 Å². The Balaban J connectivity index is 1.54. The van der Waals surface area contributed by atoms with Gasteiger partial charge < -0.3 is 0 Å². The largest absolute Gasteiger partial charge is 0.295 e. The minimum Gasteiger partial charge on any atom is -0.295 e. The zero-order chi connectivity index (χ0) is 16.5. The van der Waals surface area contributed by atoms with E-state index in [-0.39, 0.29) is 11.2 Å². The molecular weight excluding hydrogens is 296 g/mol. The molecule has 0 saturated carbocycles. The van der Waals surface area contributed by atoms with E-state index in [0.717, 1.165) is 43.2 Å². The number of aryl methyl sites for hydroxylation is 2. The molecule has 3 aliphatic carbocycles. The van der Waals surface area contributed by atoms with Gasteiger partial charge in [0, 0.05) is 16.5 Å². The normalized spacial score (nSPS) is 23.5. The van der Waals surface area contributed by atoms with Crippen molar-refractivity contribution < 1.29 is 9.59 Å². The lowest BCUT2D eigenvalue weighted by molar-refractivity contribution is 0.0831. The van der Waals surface area contributed by atoms with Crippen LogP contribution >= 0.6 is 0 Å². The van der Waals surface area contributed by atoms with Crippen molar-refractivity contribution in [1.29, 1.82) is 0 Å². The fourth-order valence-electron chi connectivity index (χ4n) is 5.02. The van der Waals surface area contributed by atoms with Crippen LogP contribution in [0.4, 0.5) is 0 Å². The molecule has 1 atom stereocenters. The van der Waals surface area contributed by atoms with Crippen LogP contribution in [0.15, 0.2) is 30.3 Å². The molecule has 0 unspecified atom stereocenters. The van der Waals surface area contributed by atoms with Gasteiger partial charge in [0.15, 0.2) is 11.6 Å². The number of rotatable bonds is 1. The highest BCUT2D eigenvalue weighted by atomic mass is 16.1. The molecule has 0 bridgehead atoms. The van der Waals surface area contributed by atoms with Crippen molar-refractivity contribution in [1.82, 2.24) is 0 Å². The summed E-state index contributed by atoms with van der Waals surface area (Å²) < 4.78 is 0. The molecule has 0 amide bonds. The summed E-state index contributed by atoms with van der Waals surface area (Å²) in [5.74, 6) is 0.420. The zero-order valence-electron chi connectivity index (χ0n) is 13.9. The highest BCUT2D eigenvalue weighted by Gasteiger charge is 2.49. The number of carbonyl (C=O) groups is 2. The van der Waals surface area contributed by atoms with E-state index in [1.54, 1.807) is 6.92 Å². The van der Waals surface area contributed by atoms with Crippen LogP contribution in [-0.2, 0) is 32.1 Å². The van der Waals surface area contributed by atoms with Crippen LogP contribution in [0.2, 0.25) is 0 Å². The van der Waals surface area contributed by atoms with Crippen LogP contribution in [0.25, 0.3) is 0 Å². The third-order valence-corrected chi connectivity index (χ3v) is 6.24. The molecule has 2 aromatic rings. The fraction of sp³-hybridized carbons (Fsp3) is 0.364. The molecule has 120 valence electrons. The van der Waals surface area contributed by atoms with Crippen LogP contribution < -0.4 is 0 Å². The van der Waals surface area contributed by atoms with Crippen LogP contribution in [0.3, 0.4) is 0 Å². The average molecular weight is 316 g/mol. The van der Waals surface area contributed by atoms with E-state index in [2.05, 4.69) is 18.2 Å². The molecule has 0 fully saturated rings. The molecule has 2 heteroatoms. The van der Waals surface area contributed by atoms with Crippen molar-refractivity contribution in [2.75, 3.05) is 0 Å². The molecule has 0 N–H and O–H groups in total. The smallest absolute Gasteiger partial charge is 0.170 e. The maximum Gasteiger partial charge on any atom is 0.170 e. The summed E-state index contributed by atoms with van der Waals surface area (Å²) in [6.45, 7) is 1.60. The number of ketones is 2. The second kappa shape index (κ2) is 4.66. The monoisotopic (exact) mass is 316 g/mol. The van der Waals surface area contributed by atoms with Gasteiger partial charge in [0.25, 0.3) is 0 Å². The molecule has 0 saturated heterocycles. The first-order valence-electron chi connectivity index (χ1n) is 8.88. The van der Waals surface area contributed by atoms with Crippen LogP contribution in [0, 0.1) is 5.41 Å². The molecule has 0 heterocycles. The predicted octanol–water partition coefficient (Wildman–Crippen LogP) is 3.90. The molecule has 0 radical (unpaired) electrons. The Morgan fingerprint density at radius 2 is 1.58 bits per heavy atom. The standard InChI is InChI=1S/C22H20O2/c1-13(23)14-5-6-17-10-22(11-18(17)7-14)12-19-8-15-3-2-4-16(15)9-20(19)21(22)24/h5-9H,2-4,10-12H2,1H3/t22-/m1/s1. The minimum absolute atomic E-state index is 0.0937. The molecule has 1 spiro atoms. The van der Waals surface area contributed by atoms with Crippen molar-refractivity contribution >= 4 is 11.6 Å². The van der Waals surface area contributed by atoms with Gasteiger partial charge in [-0.15, -0.1) is 0 Å². The Morgan fingerprint density at radius 1 is 0.875 bits per heavy atom. The molecule has 3 aliphatic rings. The SMILES string of the molecule is CC(=O)c1ccc2c(c1)C[C@]1(C2)Cc2cc3c(cc2C1=O)CCC3. The second-order valence-corrected chi connectivity index (χ2v) is 7.81. The summed E-state index contributed by atoms with van der Waals surface area (Å²) in [7, 11) is 0. The molecule has 0 aliphatic heterocycles. The van der Waals surface area contributed by atoms with Gasteiger partial charge in [0.1, 0.15) is 0 Å². The fourth-order valence-corrected chi connectivity index (χ4v) is 5.02. The Hall–Kier alpha value is -2.22. The summed E-state index contributed by atoms with van der Waals surface area (Å²) in [6, 6.07) is 10.4. The Kier molecular flexibility index (Phi) is 2.75. The summed E-state index contributed by atoms with van der Waals surface area (Å²) in [6.07, 6.45) is 5.95. The number of hydrogen-bond acceptors (Lipinski definition) is 2. The van der Waals surface area contributed by atoms with E-state index in [9.17, 15) is 9.59 Å². The lowest BCUT2D eigenvalue weighted by atomic mass is 9.81. The highest BCUT2D eigenvalue weighted by molar-refractivity contribution is 6.06. The molecule has 5 rings (SSSR count). The maximum atomic E-state index is 13.2.